The van der Waals surface area contributed by atoms with Gasteiger partial charge in [0.25, 0.3) is 5.69 Å². The van der Waals surface area contributed by atoms with Gasteiger partial charge in [-0.25, -0.2) is 0 Å². The van der Waals surface area contributed by atoms with Crippen LogP contribution in [0.4, 0.5) is 5.69 Å². The predicted molar refractivity (Wildman–Crippen MR) is 79.1 cm³/mol. The van der Waals surface area contributed by atoms with Gasteiger partial charge in [0.05, 0.1) is 11.5 Å². The van der Waals surface area contributed by atoms with E-state index in [1.54, 1.807) is 31.2 Å². The summed E-state index contributed by atoms with van der Waals surface area (Å²) in [5, 5.41) is 10.8. The van der Waals surface area contributed by atoms with E-state index in [9.17, 15) is 14.9 Å². The Hall–Kier alpha value is -2.67. The normalized spacial score (nSPS) is 11.9. The van der Waals surface area contributed by atoms with Gasteiger partial charge in [0.2, 0.25) is 0 Å². The van der Waals surface area contributed by atoms with Crippen LogP contribution in [0, 0.1) is 10.1 Å². The van der Waals surface area contributed by atoms with Gasteiger partial charge in [0.1, 0.15) is 17.6 Å². The SMILES string of the molecule is CCOC(=O)C(N)Cc1ccc(-c2cccc([N+](=O)[O-])c2)o1. The molecule has 0 bridgehead atoms. The van der Waals surface area contributed by atoms with Crippen LogP contribution in [0.3, 0.4) is 0 Å². The lowest BCUT2D eigenvalue weighted by atomic mass is 10.1. The first-order valence-electron chi connectivity index (χ1n) is 6.77. The Labute approximate surface area is 126 Å². The van der Waals surface area contributed by atoms with Gasteiger partial charge in [-0.2, -0.15) is 0 Å². The van der Waals surface area contributed by atoms with E-state index in [0.717, 1.165) is 0 Å². The Morgan fingerprint density at radius 1 is 1.41 bits per heavy atom. The van der Waals surface area contributed by atoms with Crippen LogP contribution < -0.4 is 5.73 Å². The first-order valence-corrected chi connectivity index (χ1v) is 6.77. The van der Waals surface area contributed by atoms with Crippen LogP contribution >= 0.6 is 0 Å². The lowest BCUT2D eigenvalue weighted by Crippen LogP contribution is -2.34. The van der Waals surface area contributed by atoms with Crippen molar-refractivity contribution in [3.63, 3.8) is 0 Å². The molecule has 0 aliphatic carbocycles. The topological polar surface area (TPSA) is 109 Å². The number of non-ortho nitro benzene ring substituents is 1. The zero-order chi connectivity index (χ0) is 16.1. The van der Waals surface area contributed by atoms with Crippen LogP contribution in [0.2, 0.25) is 0 Å². The van der Waals surface area contributed by atoms with Crippen molar-refractivity contribution in [1.82, 2.24) is 0 Å². The fourth-order valence-corrected chi connectivity index (χ4v) is 1.96. The van der Waals surface area contributed by atoms with Crippen LogP contribution in [0.5, 0.6) is 0 Å². The van der Waals surface area contributed by atoms with Crippen LogP contribution in [0.25, 0.3) is 11.3 Å². The summed E-state index contributed by atoms with van der Waals surface area (Å²) in [4.78, 5) is 21.8. The molecule has 1 aromatic carbocycles. The summed E-state index contributed by atoms with van der Waals surface area (Å²) in [5.41, 5.74) is 6.30. The number of hydrogen-bond donors (Lipinski definition) is 1. The van der Waals surface area contributed by atoms with Gasteiger partial charge in [-0.1, -0.05) is 12.1 Å². The average Bonchev–Trinajstić information content (AvgIpc) is 2.96. The number of nitrogens with zero attached hydrogens (tertiary/aromatic N) is 1. The molecule has 0 saturated carbocycles. The largest absolute Gasteiger partial charge is 0.465 e. The number of rotatable bonds is 6. The number of nitro groups is 1. The molecule has 1 aromatic heterocycles. The van der Waals surface area contributed by atoms with E-state index in [1.165, 1.54) is 12.1 Å². The van der Waals surface area contributed by atoms with Crippen molar-refractivity contribution in [1.29, 1.82) is 0 Å². The summed E-state index contributed by atoms with van der Waals surface area (Å²) < 4.78 is 10.4. The maximum atomic E-state index is 11.5. The molecule has 0 spiro atoms. The van der Waals surface area contributed by atoms with Crippen molar-refractivity contribution < 1.29 is 18.9 Å². The Morgan fingerprint density at radius 3 is 2.86 bits per heavy atom. The molecule has 22 heavy (non-hydrogen) atoms. The fourth-order valence-electron chi connectivity index (χ4n) is 1.96. The van der Waals surface area contributed by atoms with Crippen LogP contribution in [-0.2, 0) is 16.0 Å². The van der Waals surface area contributed by atoms with Gasteiger partial charge in [0.15, 0.2) is 0 Å². The molecule has 7 heteroatoms. The lowest BCUT2D eigenvalue weighted by molar-refractivity contribution is -0.384. The van der Waals surface area contributed by atoms with Crippen molar-refractivity contribution in [3.05, 3.63) is 52.3 Å². The third-order valence-corrected chi connectivity index (χ3v) is 3.01. The number of nitrogens with two attached hydrogens (primary N) is 1. The highest BCUT2D eigenvalue weighted by molar-refractivity contribution is 5.75. The number of benzene rings is 1. The monoisotopic (exact) mass is 304 g/mol. The quantitative estimate of drug-likeness (QED) is 0.498. The Bertz CT molecular complexity index is 680. The van der Waals surface area contributed by atoms with Crippen LogP contribution in [0.15, 0.2) is 40.8 Å². The van der Waals surface area contributed by atoms with Crippen molar-refractivity contribution in [3.8, 4) is 11.3 Å². The highest BCUT2D eigenvalue weighted by Crippen LogP contribution is 2.26. The molecule has 1 heterocycles. The lowest BCUT2D eigenvalue weighted by Gasteiger charge is -2.08. The minimum atomic E-state index is -0.802. The van der Waals surface area contributed by atoms with E-state index in [2.05, 4.69) is 0 Å². The highest BCUT2D eigenvalue weighted by atomic mass is 16.6. The van der Waals surface area contributed by atoms with Gasteiger partial charge >= 0.3 is 5.97 Å². The van der Waals surface area contributed by atoms with E-state index >= 15 is 0 Å². The van der Waals surface area contributed by atoms with E-state index in [4.69, 9.17) is 14.9 Å². The number of furan rings is 1. The molecule has 2 N–H and O–H groups in total. The Morgan fingerprint density at radius 2 is 2.18 bits per heavy atom. The highest BCUT2D eigenvalue weighted by Gasteiger charge is 2.18. The summed E-state index contributed by atoms with van der Waals surface area (Å²) in [5.74, 6) is 0.507. The maximum Gasteiger partial charge on any atom is 0.323 e. The minimum Gasteiger partial charge on any atom is -0.465 e. The van der Waals surface area contributed by atoms with Crippen molar-refractivity contribution >= 4 is 11.7 Å². The molecular weight excluding hydrogens is 288 g/mol. The van der Waals surface area contributed by atoms with Crippen LogP contribution in [-0.4, -0.2) is 23.5 Å². The first kappa shape index (κ1) is 15.7. The number of nitro benzene ring substituents is 1. The second kappa shape index (κ2) is 6.86. The van der Waals surface area contributed by atoms with E-state index in [-0.39, 0.29) is 18.7 Å². The second-order valence-electron chi connectivity index (χ2n) is 4.64. The van der Waals surface area contributed by atoms with Gasteiger partial charge in [-0.05, 0) is 19.1 Å². The standard InChI is InChI=1S/C15H16N2O5/c1-2-21-15(18)13(16)9-12-6-7-14(22-12)10-4-3-5-11(8-10)17(19)20/h3-8,13H,2,9,16H2,1H3. The molecule has 1 unspecified atom stereocenters. The Kier molecular flexibility index (Phi) is 4.90. The second-order valence-corrected chi connectivity index (χ2v) is 4.64. The number of hydrogen-bond acceptors (Lipinski definition) is 6. The first-order chi connectivity index (χ1) is 10.5. The number of carbonyl (C=O) groups is 1. The third-order valence-electron chi connectivity index (χ3n) is 3.01. The molecule has 0 aliphatic rings. The zero-order valence-electron chi connectivity index (χ0n) is 12.0. The smallest absolute Gasteiger partial charge is 0.323 e. The molecule has 0 amide bonds. The molecule has 2 rings (SSSR count). The number of esters is 1. The molecule has 0 fully saturated rings. The van der Waals surface area contributed by atoms with Crippen molar-refractivity contribution in [2.24, 2.45) is 5.73 Å². The van der Waals surface area contributed by atoms with E-state index in [0.29, 0.717) is 17.1 Å². The van der Waals surface area contributed by atoms with Crippen molar-refractivity contribution in [2.75, 3.05) is 6.61 Å². The molecular formula is C15H16N2O5. The van der Waals surface area contributed by atoms with Gasteiger partial charge < -0.3 is 14.9 Å². The fraction of sp³-hybridized carbons (Fsp3) is 0.267. The van der Waals surface area contributed by atoms with Gasteiger partial charge in [-0.15, -0.1) is 0 Å². The molecule has 2 aromatic rings. The molecule has 0 saturated heterocycles. The summed E-state index contributed by atoms with van der Waals surface area (Å²) in [6, 6.07) is 8.70. The summed E-state index contributed by atoms with van der Waals surface area (Å²) in [6.45, 7) is 1.97. The summed E-state index contributed by atoms with van der Waals surface area (Å²) in [7, 11) is 0. The van der Waals surface area contributed by atoms with Gasteiger partial charge in [0, 0.05) is 24.1 Å². The number of ether oxygens (including phenoxy) is 1. The molecule has 7 nitrogen and oxygen atoms in total. The van der Waals surface area contributed by atoms with E-state index in [1.807, 2.05) is 0 Å². The minimum absolute atomic E-state index is 0.0151. The van der Waals surface area contributed by atoms with Crippen LogP contribution in [0.1, 0.15) is 12.7 Å². The molecule has 1 atom stereocenters. The molecule has 0 radical (unpaired) electrons. The van der Waals surface area contributed by atoms with Crippen molar-refractivity contribution in [2.45, 2.75) is 19.4 Å². The van der Waals surface area contributed by atoms with Gasteiger partial charge in [-0.3, -0.25) is 14.9 Å². The predicted octanol–water partition coefficient (Wildman–Crippen LogP) is 2.29. The maximum absolute atomic E-state index is 11.5. The van der Waals surface area contributed by atoms with E-state index < -0.39 is 16.9 Å². The average molecular weight is 304 g/mol. The zero-order valence-corrected chi connectivity index (χ0v) is 12.0. The summed E-state index contributed by atoms with van der Waals surface area (Å²) in [6.07, 6.45) is 0.202. The molecule has 0 aliphatic heterocycles. The Balaban J connectivity index is 2.13. The number of carbonyl (C=O) groups excluding carboxylic acids is 1. The summed E-state index contributed by atoms with van der Waals surface area (Å²) >= 11 is 0. The molecule has 116 valence electrons. The third kappa shape index (κ3) is 3.70.